The van der Waals surface area contributed by atoms with Crippen LogP contribution in [0.5, 0.6) is 0 Å². The van der Waals surface area contributed by atoms with Crippen molar-refractivity contribution in [1.82, 2.24) is 0 Å². The van der Waals surface area contributed by atoms with Gasteiger partial charge in [-0.3, -0.25) is 4.79 Å². The fourth-order valence-corrected chi connectivity index (χ4v) is 2.17. The molecule has 2 nitrogen and oxygen atoms in total. The zero-order valence-electron chi connectivity index (χ0n) is 11.2. The van der Waals surface area contributed by atoms with Crippen molar-refractivity contribution in [3.8, 4) is 0 Å². The number of carbonyl (C=O) groups excluding carboxylic acids is 1. The number of Topliss-reactive ketones (excluding diaryl/α,β-unsaturated/α-hetero) is 1. The lowest BCUT2D eigenvalue weighted by atomic mass is 9.93. The highest BCUT2D eigenvalue weighted by Crippen LogP contribution is 2.18. The van der Waals surface area contributed by atoms with E-state index in [9.17, 15) is 9.18 Å². The molecule has 1 aromatic carbocycles. The molecule has 0 saturated heterocycles. The summed E-state index contributed by atoms with van der Waals surface area (Å²) >= 11 is 0. The van der Waals surface area contributed by atoms with Gasteiger partial charge in [-0.05, 0) is 56.0 Å². The topological polar surface area (TPSA) is 43.1 Å². The van der Waals surface area contributed by atoms with Crippen LogP contribution in [0.2, 0.25) is 0 Å². The lowest BCUT2D eigenvalue weighted by Gasteiger charge is -2.12. The average molecular weight is 251 g/mol. The molecule has 0 saturated carbocycles. The number of aryl methyl sites for hydroxylation is 1. The number of ketones is 1. The maximum Gasteiger partial charge on any atom is 0.162 e. The summed E-state index contributed by atoms with van der Waals surface area (Å²) in [6.07, 6.45) is 3.29. The molecule has 0 aromatic heterocycles. The molecule has 1 aromatic rings. The number of carbonyl (C=O) groups is 1. The first-order valence-corrected chi connectivity index (χ1v) is 6.57. The van der Waals surface area contributed by atoms with Gasteiger partial charge in [0.2, 0.25) is 0 Å². The minimum Gasteiger partial charge on any atom is -0.330 e. The van der Waals surface area contributed by atoms with Crippen molar-refractivity contribution in [3.63, 3.8) is 0 Å². The molecular formula is C15H22FNO. The first-order chi connectivity index (χ1) is 8.56. The van der Waals surface area contributed by atoms with Crippen molar-refractivity contribution in [2.24, 2.45) is 11.7 Å². The fraction of sp³-hybridized carbons (Fsp3) is 0.533. The van der Waals surface area contributed by atoms with E-state index >= 15 is 0 Å². The fourth-order valence-electron chi connectivity index (χ4n) is 2.17. The molecule has 0 amide bonds. The summed E-state index contributed by atoms with van der Waals surface area (Å²) in [5.41, 5.74) is 6.79. The van der Waals surface area contributed by atoms with Crippen LogP contribution >= 0.6 is 0 Å². The van der Waals surface area contributed by atoms with Crippen molar-refractivity contribution < 1.29 is 9.18 Å². The molecule has 0 spiro atoms. The summed E-state index contributed by atoms with van der Waals surface area (Å²) in [6.45, 7) is 4.56. The number of hydrogen-bond donors (Lipinski definition) is 1. The smallest absolute Gasteiger partial charge is 0.162 e. The number of nitrogens with two attached hydrogens (primary N) is 1. The Morgan fingerprint density at radius 3 is 2.61 bits per heavy atom. The summed E-state index contributed by atoms with van der Waals surface area (Å²) in [6, 6.07) is 4.49. The Labute approximate surface area is 108 Å². The molecule has 1 unspecified atom stereocenters. The van der Waals surface area contributed by atoms with Gasteiger partial charge in [-0.25, -0.2) is 4.39 Å². The second-order valence-electron chi connectivity index (χ2n) is 4.83. The van der Waals surface area contributed by atoms with E-state index < -0.39 is 0 Å². The molecule has 1 rings (SSSR count). The highest BCUT2D eigenvalue weighted by molar-refractivity contribution is 5.96. The van der Waals surface area contributed by atoms with Crippen molar-refractivity contribution in [3.05, 3.63) is 35.1 Å². The van der Waals surface area contributed by atoms with Gasteiger partial charge in [0, 0.05) is 12.0 Å². The second-order valence-corrected chi connectivity index (χ2v) is 4.83. The third-order valence-corrected chi connectivity index (χ3v) is 3.30. The number of rotatable bonds is 7. The van der Waals surface area contributed by atoms with Gasteiger partial charge in [0.05, 0.1) is 0 Å². The standard InChI is InChI=1S/C15H22FNO/c1-3-12(6-7-17)4-5-15(18)13-8-11(2)9-14(16)10-13/h8-10,12H,3-7,17H2,1-2H3. The van der Waals surface area contributed by atoms with E-state index in [2.05, 4.69) is 6.92 Å². The van der Waals surface area contributed by atoms with Gasteiger partial charge >= 0.3 is 0 Å². The molecule has 3 heteroatoms. The Morgan fingerprint density at radius 1 is 1.33 bits per heavy atom. The van der Waals surface area contributed by atoms with E-state index in [1.807, 2.05) is 0 Å². The molecule has 0 aliphatic heterocycles. The van der Waals surface area contributed by atoms with Gasteiger partial charge in [0.15, 0.2) is 5.78 Å². The largest absolute Gasteiger partial charge is 0.330 e. The highest BCUT2D eigenvalue weighted by atomic mass is 19.1. The SMILES string of the molecule is CCC(CCN)CCC(=O)c1cc(C)cc(F)c1. The van der Waals surface area contributed by atoms with Gasteiger partial charge < -0.3 is 5.73 Å². The van der Waals surface area contributed by atoms with E-state index in [4.69, 9.17) is 5.73 Å². The van der Waals surface area contributed by atoms with E-state index in [-0.39, 0.29) is 11.6 Å². The Hall–Kier alpha value is -1.22. The highest BCUT2D eigenvalue weighted by Gasteiger charge is 2.11. The molecule has 2 N–H and O–H groups in total. The quantitative estimate of drug-likeness (QED) is 0.754. The molecule has 0 aliphatic rings. The Bertz CT molecular complexity index is 383. The van der Waals surface area contributed by atoms with E-state index in [0.717, 1.165) is 24.8 Å². The van der Waals surface area contributed by atoms with Gasteiger partial charge in [0.25, 0.3) is 0 Å². The number of hydrogen-bond acceptors (Lipinski definition) is 2. The number of benzene rings is 1. The predicted molar refractivity (Wildman–Crippen MR) is 72.2 cm³/mol. The summed E-state index contributed by atoms with van der Waals surface area (Å²) in [5.74, 6) is 0.175. The van der Waals surface area contributed by atoms with Crippen LogP contribution in [-0.4, -0.2) is 12.3 Å². The zero-order valence-corrected chi connectivity index (χ0v) is 11.2. The summed E-state index contributed by atoms with van der Waals surface area (Å²) in [5, 5.41) is 0. The Kier molecular flexibility index (Phi) is 5.99. The van der Waals surface area contributed by atoms with Crippen molar-refractivity contribution in [2.75, 3.05) is 6.54 Å². The van der Waals surface area contributed by atoms with Crippen LogP contribution in [0, 0.1) is 18.7 Å². The van der Waals surface area contributed by atoms with Crippen molar-refractivity contribution in [2.45, 2.75) is 39.5 Å². The van der Waals surface area contributed by atoms with Crippen molar-refractivity contribution in [1.29, 1.82) is 0 Å². The molecule has 0 fully saturated rings. The lowest BCUT2D eigenvalue weighted by molar-refractivity contribution is 0.0972. The van der Waals surface area contributed by atoms with E-state index in [0.29, 0.717) is 24.4 Å². The third kappa shape index (κ3) is 4.57. The monoisotopic (exact) mass is 251 g/mol. The van der Waals surface area contributed by atoms with Crippen LogP contribution < -0.4 is 5.73 Å². The van der Waals surface area contributed by atoms with E-state index in [1.165, 1.54) is 12.1 Å². The number of halogens is 1. The van der Waals surface area contributed by atoms with Crippen LogP contribution in [0.15, 0.2) is 18.2 Å². The van der Waals surface area contributed by atoms with Crippen LogP contribution in [0.3, 0.4) is 0 Å². The van der Waals surface area contributed by atoms with Gasteiger partial charge in [0.1, 0.15) is 5.82 Å². The lowest BCUT2D eigenvalue weighted by Crippen LogP contribution is -2.10. The summed E-state index contributed by atoms with van der Waals surface area (Å²) in [4.78, 5) is 12.0. The van der Waals surface area contributed by atoms with Gasteiger partial charge in [-0.1, -0.05) is 13.3 Å². The summed E-state index contributed by atoms with van der Waals surface area (Å²) in [7, 11) is 0. The minimum atomic E-state index is -0.340. The molecule has 18 heavy (non-hydrogen) atoms. The van der Waals surface area contributed by atoms with Crippen LogP contribution in [0.4, 0.5) is 4.39 Å². The molecular weight excluding hydrogens is 229 g/mol. The van der Waals surface area contributed by atoms with Crippen LogP contribution in [-0.2, 0) is 0 Å². The predicted octanol–water partition coefficient (Wildman–Crippen LogP) is 3.47. The molecule has 1 atom stereocenters. The van der Waals surface area contributed by atoms with E-state index in [1.54, 1.807) is 13.0 Å². The van der Waals surface area contributed by atoms with Gasteiger partial charge in [-0.15, -0.1) is 0 Å². The van der Waals surface area contributed by atoms with Crippen LogP contribution in [0.25, 0.3) is 0 Å². The normalized spacial score (nSPS) is 12.4. The van der Waals surface area contributed by atoms with Gasteiger partial charge in [-0.2, -0.15) is 0 Å². The Balaban J connectivity index is 2.59. The molecule has 100 valence electrons. The molecule has 0 radical (unpaired) electrons. The Morgan fingerprint density at radius 2 is 2.06 bits per heavy atom. The molecule has 0 aliphatic carbocycles. The van der Waals surface area contributed by atoms with Crippen molar-refractivity contribution >= 4 is 5.78 Å². The maximum atomic E-state index is 13.2. The second kappa shape index (κ2) is 7.27. The molecule has 0 bridgehead atoms. The first kappa shape index (κ1) is 14.8. The van der Waals surface area contributed by atoms with Crippen LogP contribution in [0.1, 0.15) is 48.5 Å². The first-order valence-electron chi connectivity index (χ1n) is 6.57. The average Bonchev–Trinajstić information content (AvgIpc) is 2.32. The molecule has 0 heterocycles. The maximum absolute atomic E-state index is 13.2. The third-order valence-electron chi connectivity index (χ3n) is 3.30. The minimum absolute atomic E-state index is 0.0214. The zero-order chi connectivity index (χ0) is 13.5. The summed E-state index contributed by atoms with van der Waals surface area (Å²) < 4.78 is 13.2.